The molecule has 0 heterocycles. The first-order valence-corrected chi connectivity index (χ1v) is 4.82. The summed E-state index contributed by atoms with van der Waals surface area (Å²) in [5.74, 6) is 1.89. The van der Waals surface area contributed by atoms with Crippen LogP contribution in [0.15, 0.2) is 12.2 Å². The van der Waals surface area contributed by atoms with Crippen molar-refractivity contribution < 1.29 is 0 Å². The van der Waals surface area contributed by atoms with E-state index in [2.05, 4.69) is 24.4 Å². The lowest BCUT2D eigenvalue weighted by Crippen LogP contribution is -2.48. The van der Waals surface area contributed by atoms with Crippen molar-refractivity contribution in [2.75, 3.05) is 6.54 Å². The van der Waals surface area contributed by atoms with Crippen molar-refractivity contribution in [1.82, 2.24) is 5.32 Å². The van der Waals surface area contributed by atoms with Crippen molar-refractivity contribution in [3.63, 3.8) is 0 Å². The summed E-state index contributed by atoms with van der Waals surface area (Å²) in [6.07, 6.45) is 8.73. The second-order valence-electron chi connectivity index (χ2n) is 3.79. The van der Waals surface area contributed by atoms with E-state index in [0.29, 0.717) is 0 Å². The Morgan fingerprint density at radius 3 is 3.18 bits per heavy atom. The summed E-state index contributed by atoms with van der Waals surface area (Å²) in [7, 11) is 0. The molecule has 11 heavy (non-hydrogen) atoms. The van der Waals surface area contributed by atoms with Gasteiger partial charge in [-0.2, -0.15) is 0 Å². The van der Waals surface area contributed by atoms with E-state index in [1.807, 2.05) is 0 Å². The SMILES string of the molecule is CCCN[C@H]1C[C@H]2C=CC[C@H]21. The molecule has 0 radical (unpaired) electrons. The number of allylic oxidation sites excluding steroid dienone is 2. The predicted octanol–water partition coefficient (Wildman–Crippen LogP) is 1.95. The number of rotatable bonds is 3. The van der Waals surface area contributed by atoms with E-state index in [9.17, 15) is 0 Å². The fourth-order valence-electron chi connectivity index (χ4n) is 2.28. The molecule has 0 saturated heterocycles. The molecule has 1 fully saturated rings. The maximum Gasteiger partial charge on any atom is 0.0110 e. The van der Waals surface area contributed by atoms with Crippen LogP contribution in [-0.2, 0) is 0 Å². The monoisotopic (exact) mass is 151 g/mol. The Balaban J connectivity index is 1.75. The average Bonchev–Trinajstić information content (AvgIpc) is 2.33. The van der Waals surface area contributed by atoms with Crippen LogP contribution in [0.2, 0.25) is 0 Å². The second-order valence-corrected chi connectivity index (χ2v) is 3.79. The molecule has 0 bridgehead atoms. The molecule has 1 heteroatoms. The first-order valence-electron chi connectivity index (χ1n) is 4.82. The van der Waals surface area contributed by atoms with Crippen molar-refractivity contribution in [1.29, 1.82) is 0 Å². The van der Waals surface area contributed by atoms with Gasteiger partial charge in [0.05, 0.1) is 0 Å². The summed E-state index contributed by atoms with van der Waals surface area (Å²) in [4.78, 5) is 0. The average molecular weight is 151 g/mol. The topological polar surface area (TPSA) is 12.0 Å². The molecular formula is C10H17N. The van der Waals surface area contributed by atoms with Crippen molar-refractivity contribution in [2.24, 2.45) is 11.8 Å². The molecule has 2 aliphatic rings. The Morgan fingerprint density at radius 2 is 2.45 bits per heavy atom. The number of fused-ring (bicyclic) bond motifs is 1. The third-order valence-electron chi connectivity index (χ3n) is 3.04. The summed E-state index contributed by atoms with van der Waals surface area (Å²) < 4.78 is 0. The van der Waals surface area contributed by atoms with E-state index >= 15 is 0 Å². The van der Waals surface area contributed by atoms with Gasteiger partial charge in [-0.15, -0.1) is 0 Å². The summed E-state index contributed by atoms with van der Waals surface area (Å²) in [5.41, 5.74) is 0. The van der Waals surface area contributed by atoms with Crippen LogP contribution < -0.4 is 5.32 Å². The van der Waals surface area contributed by atoms with E-state index in [4.69, 9.17) is 0 Å². The van der Waals surface area contributed by atoms with E-state index in [0.717, 1.165) is 17.9 Å². The molecule has 62 valence electrons. The first kappa shape index (κ1) is 7.35. The highest BCUT2D eigenvalue weighted by molar-refractivity contribution is 5.12. The van der Waals surface area contributed by atoms with Crippen LogP contribution in [0.3, 0.4) is 0 Å². The van der Waals surface area contributed by atoms with Crippen molar-refractivity contribution in [3.05, 3.63) is 12.2 Å². The van der Waals surface area contributed by atoms with E-state index in [1.165, 1.54) is 25.8 Å². The summed E-state index contributed by atoms with van der Waals surface area (Å²) >= 11 is 0. The van der Waals surface area contributed by atoms with Crippen LogP contribution in [0.25, 0.3) is 0 Å². The molecule has 0 amide bonds. The summed E-state index contributed by atoms with van der Waals surface area (Å²) in [6, 6.07) is 0.843. The lowest BCUT2D eigenvalue weighted by molar-refractivity contribution is 0.160. The predicted molar refractivity (Wildman–Crippen MR) is 47.4 cm³/mol. The van der Waals surface area contributed by atoms with Crippen LogP contribution in [0.1, 0.15) is 26.2 Å². The molecule has 1 N–H and O–H groups in total. The Bertz CT molecular complexity index is 162. The Labute approximate surface area is 68.9 Å². The van der Waals surface area contributed by atoms with Crippen LogP contribution in [0.5, 0.6) is 0 Å². The van der Waals surface area contributed by atoms with Gasteiger partial charge in [-0.1, -0.05) is 19.1 Å². The molecule has 1 nitrogen and oxygen atoms in total. The normalized spacial score (nSPS) is 40.3. The number of hydrogen-bond donors (Lipinski definition) is 1. The Hall–Kier alpha value is -0.300. The first-order chi connectivity index (χ1) is 5.42. The smallest absolute Gasteiger partial charge is 0.0110 e. The zero-order valence-corrected chi connectivity index (χ0v) is 7.22. The minimum atomic E-state index is 0.843. The van der Waals surface area contributed by atoms with Gasteiger partial charge < -0.3 is 5.32 Å². The molecule has 0 aromatic heterocycles. The number of hydrogen-bond acceptors (Lipinski definition) is 1. The molecule has 3 atom stereocenters. The highest BCUT2D eigenvalue weighted by Gasteiger charge is 2.40. The third-order valence-corrected chi connectivity index (χ3v) is 3.04. The second kappa shape index (κ2) is 2.98. The van der Waals surface area contributed by atoms with Gasteiger partial charge in [-0.25, -0.2) is 0 Å². The molecule has 2 aliphatic carbocycles. The molecule has 0 unspecified atom stereocenters. The largest absolute Gasteiger partial charge is 0.314 e. The minimum absolute atomic E-state index is 0.843. The lowest BCUT2D eigenvalue weighted by Gasteiger charge is -2.41. The quantitative estimate of drug-likeness (QED) is 0.608. The minimum Gasteiger partial charge on any atom is -0.314 e. The maximum atomic E-state index is 3.60. The van der Waals surface area contributed by atoms with Crippen molar-refractivity contribution in [2.45, 2.75) is 32.2 Å². The zero-order valence-electron chi connectivity index (χ0n) is 7.22. The summed E-state index contributed by atoms with van der Waals surface area (Å²) in [6.45, 7) is 3.43. The zero-order chi connectivity index (χ0) is 7.68. The summed E-state index contributed by atoms with van der Waals surface area (Å²) in [5, 5.41) is 3.60. The van der Waals surface area contributed by atoms with Crippen LogP contribution in [0, 0.1) is 11.8 Å². The Morgan fingerprint density at radius 1 is 1.55 bits per heavy atom. The maximum absolute atomic E-state index is 3.60. The van der Waals surface area contributed by atoms with Gasteiger partial charge in [0.1, 0.15) is 0 Å². The lowest BCUT2D eigenvalue weighted by atomic mass is 9.71. The molecule has 0 aromatic rings. The fraction of sp³-hybridized carbons (Fsp3) is 0.800. The van der Waals surface area contributed by atoms with Gasteiger partial charge >= 0.3 is 0 Å². The molecular weight excluding hydrogens is 134 g/mol. The van der Waals surface area contributed by atoms with Crippen LogP contribution in [0.4, 0.5) is 0 Å². The van der Waals surface area contributed by atoms with Crippen molar-refractivity contribution in [3.8, 4) is 0 Å². The van der Waals surface area contributed by atoms with Gasteiger partial charge in [0.15, 0.2) is 0 Å². The van der Waals surface area contributed by atoms with Gasteiger partial charge in [0.25, 0.3) is 0 Å². The Kier molecular flexibility index (Phi) is 1.99. The van der Waals surface area contributed by atoms with Gasteiger partial charge in [-0.05, 0) is 37.6 Å². The number of nitrogens with one attached hydrogen (secondary N) is 1. The van der Waals surface area contributed by atoms with E-state index in [1.54, 1.807) is 0 Å². The molecule has 0 spiro atoms. The standard InChI is InChI=1S/C10H17N/c1-2-6-11-10-7-8-4-3-5-9(8)10/h3-4,8-11H,2,5-7H2,1H3/t8-,9-,10+/m1/s1. The van der Waals surface area contributed by atoms with Crippen molar-refractivity contribution >= 4 is 0 Å². The molecule has 0 aromatic carbocycles. The van der Waals surface area contributed by atoms with Crippen LogP contribution >= 0.6 is 0 Å². The van der Waals surface area contributed by atoms with Gasteiger partial charge in [-0.3, -0.25) is 0 Å². The van der Waals surface area contributed by atoms with E-state index in [-0.39, 0.29) is 0 Å². The molecule has 2 rings (SSSR count). The molecule has 1 saturated carbocycles. The third kappa shape index (κ3) is 1.22. The highest BCUT2D eigenvalue weighted by Crippen LogP contribution is 2.42. The highest BCUT2D eigenvalue weighted by atomic mass is 14.9. The fourth-order valence-corrected chi connectivity index (χ4v) is 2.28. The molecule has 0 aliphatic heterocycles. The van der Waals surface area contributed by atoms with Gasteiger partial charge in [0, 0.05) is 6.04 Å². The van der Waals surface area contributed by atoms with E-state index < -0.39 is 0 Å². The van der Waals surface area contributed by atoms with Gasteiger partial charge in [0.2, 0.25) is 0 Å². The van der Waals surface area contributed by atoms with Crippen LogP contribution in [-0.4, -0.2) is 12.6 Å².